The minimum absolute atomic E-state index is 0.115. The van der Waals surface area contributed by atoms with Crippen LogP contribution in [0.4, 0.5) is 34.9 Å². The largest absolute Gasteiger partial charge is 0.416 e. The standard InChI is InChI=1S/C26H32F4N8O2/c1-3-20-22(35-11-8-31-9-12-35)23(40)38-25(33-24(34-38)36-10-4-5-18(27)14-36)37(20)15-21(39)32-19-7-6-17(13-16(19)2)26(28,29)30/h6-7,13,18,31H,3-5,8-12,14-15H2,1-2H3,(H,32,39). The fraction of sp³-hybridized carbons (Fsp3) is 0.538. The van der Waals surface area contributed by atoms with Gasteiger partial charge in [0.05, 0.1) is 17.8 Å². The van der Waals surface area contributed by atoms with Crippen molar-refractivity contribution >= 4 is 29.0 Å². The van der Waals surface area contributed by atoms with Crippen LogP contribution in [0.2, 0.25) is 0 Å². The summed E-state index contributed by atoms with van der Waals surface area (Å²) in [5.74, 6) is -0.136. The Bertz CT molecular complexity index is 1460. The molecular weight excluding hydrogens is 532 g/mol. The van der Waals surface area contributed by atoms with Gasteiger partial charge in [0.1, 0.15) is 18.4 Å². The Balaban J connectivity index is 1.55. The molecule has 40 heavy (non-hydrogen) atoms. The first-order chi connectivity index (χ1) is 19.1. The lowest BCUT2D eigenvalue weighted by Gasteiger charge is -2.31. The summed E-state index contributed by atoms with van der Waals surface area (Å²) >= 11 is 0. The van der Waals surface area contributed by atoms with Gasteiger partial charge in [-0.15, -0.1) is 5.10 Å². The first kappa shape index (κ1) is 27.9. The second-order valence-electron chi connectivity index (χ2n) is 10.2. The molecule has 216 valence electrons. The van der Waals surface area contributed by atoms with Gasteiger partial charge in [0.25, 0.3) is 5.56 Å². The maximum atomic E-state index is 14.2. The Hall–Kier alpha value is -3.68. The SMILES string of the molecule is CCc1c(N2CCNCC2)c(=O)n2nc(N3CCCC(F)C3)nc2n1CC(=O)Nc1ccc(C(F)(F)F)cc1C. The van der Waals surface area contributed by atoms with Gasteiger partial charge in [-0.1, -0.05) is 6.92 Å². The van der Waals surface area contributed by atoms with Gasteiger partial charge in [0.2, 0.25) is 17.6 Å². The van der Waals surface area contributed by atoms with Crippen LogP contribution in [0.1, 0.15) is 36.6 Å². The normalized spacial score (nSPS) is 18.4. The van der Waals surface area contributed by atoms with Crippen molar-refractivity contribution in [2.24, 2.45) is 0 Å². The van der Waals surface area contributed by atoms with Crippen LogP contribution in [-0.2, 0) is 23.9 Å². The maximum Gasteiger partial charge on any atom is 0.416 e. The summed E-state index contributed by atoms with van der Waals surface area (Å²) in [4.78, 5) is 35.3. The second kappa shape index (κ2) is 11.1. The number of nitrogens with one attached hydrogen (secondary N) is 2. The number of fused-ring (bicyclic) bond motifs is 1. The molecule has 0 bridgehead atoms. The molecule has 1 atom stereocenters. The number of amides is 1. The molecule has 0 spiro atoms. The third kappa shape index (κ3) is 5.49. The number of aryl methyl sites for hydroxylation is 1. The van der Waals surface area contributed by atoms with Crippen molar-refractivity contribution in [2.75, 3.05) is 54.4 Å². The lowest BCUT2D eigenvalue weighted by molar-refractivity contribution is -0.137. The van der Waals surface area contributed by atoms with Crippen LogP contribution in [0.3, 0.4) is 0 Å². The predicted molar refractivity (Wildman–Crippen MR) is 143 cm³/mol. The Labute approximate surface area is 228 Å². The number of piperidine rings is 1. The molecule has 2 saturated heterocycles. The van der Waals surface area contributed by atoms with E-state index in [9.17, 15) is 27.2 Å². The summed E-state index contributed by atoms with van der Waals surface area (Å²) in [5, 5.41) is 10.4. The number of hydrogen-bond donors (Lipinski definition) is 2. The number of carbonyl (C=O) groups excluding carboxylic acids is 1. The van der Waals surface area contributed by atoms with Gasteiger partial charge >= 0.3 is 6.18 Å². The Morgan fingerprint density at radius 1 is 1.18 bits per heavy atom. The van der Waals surface area contributed by atoms with Crippen LogP contribution in [-0.4, -0.2) is 70.5 Å². The van der Waals surface area contributed by atoms with Gasteiger partial charge in [-0.25, -0.2) is 4.39 Å². The monoisotopic (exact) mass is 564 g/mol. The van der Waals surface area contributed by atoms with Crippen LogP contribution in [0, 0.1) is 6.92 Å². The number of benzene rings is 1. The highest BCUT2D eigenvalue weighted by Gasteiger charge is 2.31. The summed E-state index contributed by atoms with van der Waals surface area (Å²) in [6.07, 6.45) is -4.03. The Morgan fingerprint density at radius 3 is 2.58 bits per heavy atom. The van der Waals surface area contributed by atoms with Gasteiger partial charge < -0.3 is 25.0 Å². The van der Waals surface area contributed by atoms with E-state index in [-0.39, 0.29) is 41.6 Å². The second-order valence-corrected chi connectivity index (χ2v) is 10.2. The number of piperazine rings is 1. The highest BCUT2D eigenvalue weighted by atomic mass is 19.4. The number of halogens is 4. The quantitative estimate of drug-likeness (QED) is 0.445. The van der Waals surface area contributed by atoms with Crippen LogP contribution < -0.4 is 26.0 Å². The number of anilines is 3. The molecule has 4 heterocycles. The van der Waals surface area contributed by atoms with Crippen LogP contribution in [0.25, 0.3) is 5.78 Å². The van der Waals surface area contributed by atoms with E-state index in [4.69, 9.17) is 0 Å². The average Bonchev–Trinajstić information content (AvgIpc) is 3.37. The molecule has 2 aliphatic rings. The van der Waals surface area contributed by atoms with E-state index in [0.29, 0.717) is 63.4 Å². The third-order valence-electron chi connectivity index (χ3n) is 7.36. The summed E-state index contributed by atoms with van der Waals surface area (Å²) in [7, 11) is 0. The number of alkyl halides is 4. The van der Waals surface area contributed by atoms with E-state index in [0.717, 1.165) is 12.1 Å². The highest BCUT2D eigenvalue weighted by molar-refractivity contribution is 5.91. The lowest BCUT2D eigenvalue weighted by atomic mass is 10.1. The molecule has 14 heteroatoms. The molecule has 0 saturated carbocycles. The fourth-order valence-electron chi connectivity index (χ4n) is 5.36. The molecule has 1 amide bonds. The highest BCUT2D eigenvalue weighted by Crippen LogP contribution is 2.31. The molecule has 10 nitrogen and oxygen atoms in total. The summed E-state index contributed by atoms with van der Waals surface area (Å²) in [6, 6.07) is 3.12. The number of rotatable bonds is 6. The molecule has 3 aromatic rings. The van der Waals surface area contributed by atoms with Crippen molar-refractivity contribution in [3.63, 3.8) is 0 Å². The van der Waals surface area contributed by atoms with E-state index in [1.165, 1.54) is 17.5 Å². The fourth-order valence-corrected chi connectivity index (χ4v) is 5.36. The van der Waals surface area contributed by atoms with Gasteiger partial charge in [0.15, 0.2) is 0 Å². The van der Waals surface area contributed by atoms with Gasteiger partial charge in [-0.2, -0.15) is 22.7 Å². The van der Waals surface area contributed by atoms with E-state index in [1.807, 2.05) is 11.8 Å². The van der Waals surface area contributed by atoms with E-state index in [1.54, 1.807) is 9.47 Å². The number of carbonyl (C=O) groups is 1. The van der Waals surface area contributed by atoms with Crippen LogP contribution >= 0.6 is 0 Å². The van der Waals surface area contributed by atoms with Gasteiger partial charge in [-0.3, -0.25) is 9.59 Å². The molecule has 2 aliphatic heterocycles. The molecule has 0 radical (unpaired) electrons. The Kier molecular flexibility index (Phi) is 7.71. The van der Waals surface area contributed by atoms with E-state index < -0.39 is 23.8 Å². The summed E-state index contributed by atoms with van der Waals surface area (Å²) < 4.78 is 56.3. The van der Waals surface area contributed by atoms with Crippen molar-refractivity contribution in [1.29, 1.82) is 0 Å². The van der Waals surface area contributed by atoms with E-state index >= 15 is 0 Å². The minimum atomic E-state index is -4.49. The van der Waals surface area contributed by atoms with E-state index in [2.05, 4.69) is 20.7 Å². The average molecular weight is 565 g/mol. The maximum absolute atomic E-state index is 14.2. The predicted octanol–water partition coefficient (Wildman–Crippen LogP) is 2.77. The number of nitrogens with zero attached hydrogens (tertiary/aromatic N) is 6. The van der Waals surface area contributed by atoms with Crippen molar-refractivity contribution in [3.8, 4) is 0 Å². The lowest BCUT2D eigenvalue weighted by Crippen LogP contribution is -2.47. The molecule has 2 fully saturated rings. The summed E-state index contributed by atoms with van der Waals surface area (Å²) in [5.41, 5.74) is 0.369. The number of hydrogen-bond acceptors (Lipinski definition) is 7. The van der Waals surface area contributed by atoms with Crippen LogP contribution in [0.15, 0.2) is 23.0 Å². The zero-order chi connectivity index (χ0) is 28.6. The van der Waals surface area contributed by atoms with Crippen molar-refractivity contribution in [1.82, 2.24) is 24.5 Å². The number of aromatic nitrogens is 4. The van der Waals surface area contributed by atoms with Crippen LogP contribution in [0.5, 0.6) is 0 Å². The summed E-state index contributed by atoms with van der Waals surface area (Å²) in [6.45, 7) is 6.31. The first-order valence-electron chi connectivity index (χ1n) is 13.4. The molecular formula is C26H32F4N8O2. The van der Waals surface area contributed by atoms with Crippen molar-refractivity contribution in [3.05, 3.63) is 45.4 Å². The minimum Gasteiger partial charge on any atom is -0.363 e. The molecule has 1 unspecified atom stereocenters. The molecule has 0 aliphatic carbocycles. The zero-order valence-electron chi connectivity index (χ0n) is 22.4. The van der Waals surface area contributed by atoms with Crippen molar-refractivity contribution in [2.45, 2.75) is 52.0 Å². The third-order valence-corrected chi connectivity index (χ3v) is 7.36. The van der Waals surface area contributed by atoms with Crippen molar-refractivity contribution < 1.29 is 22.4 Å². The Morgan fingerprint density at radius 2 is 1.93 bits per heavy atom. The zero-order valence-corrected chi connectivity index (χ0v) is 22.4. The smallest absolute Gasteiger partial charge is 0.363 e. The van der Waals surface area contributed by atoms with Gasteiger partial charge in [0, 0.05) is 38.4 Å². The molecule has 2 N–H and O–H groups in total. The topological polar surface area (TPSA) is 99.8 Å². The first-order valence-corrected chi connectivity index (χ1v) is 13.4. The molecule has 2 aromatic heterocycles. The molecule has 1 aromatic carbocycles. The van der Waals surface area contributed by atoms with Gasteiger partial charge in [-0.05, 0) is 49.9 Å². The molecule has 5 rings (SSSR count).